The number of aromatic nitrogens is 1. The van der Waals surface area contributed by atoms with Crippen molar-refractivity contribution >= 4 is 21.4 Å². The fourth-order valence-electron chi connectivity index (χ4n) is 4.64. The number of aryl methyl sites for hydroxylation is 2. The molecule has 3 aromatic rings. The number of nitrogens with one attached hydrogen (secondary N) is 1. The summed E-state index contributed by atoms with van der Waals surface area (Å²) < 4.78 is 31.2. The third kappa shape index (κ3) is 5.66. The van der Waals surface area contributed by atoms with E-state index in [4.69, 9.17) is 4.74 Å². The maximum Gasteiger partial charge on any atom is 0.257 e. The number of carbonyl (C=O) groups excluding carboxylic acids is 1. The second-order valence-corrected chi connectivity index (χ2v) is 11.2. The molecule has 0 radical (unpaired) electrons. The van der Waals surface area contributed by atoms with Gasteiger partial charge in [0.25, 0.3) is 5.91 Å². The zero-order valence-corrected chi connectivity index (χ0v) is 21.6. The minimum atomic E-state index is -3.29. The average molecular weight is 496 g/mol. The summed E-state index contributed by atoms with van der Waals surface area (Å²) in [6.45, 7) is 11.2. The van der Waals surface area contributed by atoms with E-state index in [1.54, 1.807) is 12.1 Å². The van der Waals surface area contributed by atoms with Crippen LogP contribution in [0, 0.1) is 20.8 Å². The Bertz CT molecular complexity index is 1300. The van der Waals surface area contributed by atoms with Crippen LogP contribution < -0.4 is 5.32 Å². The van der Waals surface area contributed by atoms with Crippen LogP contribution in [0.15, 0.2) is 53.6 Å². The lowest BCUT2D eigenvalue weighted by Gasteiger charge is -2.27. The van der Waals surface area contributed by atoms with Gasteiger partial charge in [-0.1, -0.05) is 18.2 Å². The van der Waals surface area contributed by atoms with Crippen LogP contribution in [-0.4, -0.2) is 62.9 Å². The first-order chi connectivity index (χ1) is 16.6. The summed E-state index contributed by atoms with van der Waals surface area (Å²) in [5.41, 5.74) is 6.64. The number of ether oxygens (including phenoxy) is 1. The zero-order valence-electron chi connectivity index (χ0n) is 20.8. The summed E-state index contributed by atoms with van der Waals surface area (Å²) in [7, 11) is -3.29. The number of anilines is 1. The van der Waals surface area contributed by atoms with Crippen molar-refractivity contribution in [3.8, 4) is 11.3 Å². The normalized spacial score (nSPS) is 14.7. The summed E-state index contributed by atoms with van der Waals surface area (Å²) in [6, 6.07) is 12.5. The predicted molar refractivity (Wildman–Crippen MR) is 139 cm³/mol. The number of nitrogens with zero attached hydrogens (tertiary/aromatic N) is 2. The van der Waals surface area contributed by atoms with Crippen LogP contribution >= 0.6 is 0 Å². The minimum Gasteiger partial charge on any atom is -0.379 e. The van der Waals surface area contributed by atoms with Gasteiger partial charge in [-0.15, -0.1) is 0 Å². The summed E-state index contributed by atoms with van der Waals surface area (Å²) in [5.74, 6) is -0.216. The number of benzene rings is 2. The van der Waals surface area contributed by atoms with Gasteiger partial charge in [0.1, 0.15) is 0 Å². The Morgan fingerprint density at radius 1 is 0.971 bits per heavy atom. The zero-order chi connectivity index (χ0) is 25.2. The van der Waals surface area contributed by atoms with Crippen LogP contribution in [0.25, 0.3) is 11.3 Å². The van der Waals surface area contributed by atoms with Gasteiger partial charge in [0, 0.05) is 49.9 Å². The van der Waals surface area contributed by atoms with Crippen molar-refractivity contribution < 1.29 is 17.9 Å². The molecule has 1 aliphatic rings. The van der Waals surface area contributed by atoms with Gasteiger partial charge >= 0.3 is 0 Å². The molecule has 7 nitrogen and oxygen atoms in total. The molecule has 1 aromatic heterocycles. The Morgan fingerprint density at radius 2 is 1.60 bits per heavy atom. The van der Waals surface area contributed by atoms with E-state index in [9.17, 15) is 13.2 Å². The molecule has 1 fully saturated rings. The molecule has 2 aromatic carbocycles. The van der Waals surface area contributed by atoms with E-state index < -0.39 is 9.84 Å². The predicted octanol–water partition coefficient (Wildman–Crippen LogP) is 4.07. The Balaban J connectivity index is 1.66. The molecule has 35 heavy (non-hydrogen) atoms. The van der Waals surface area contributed by atoms with Crippen LogP contribution in [-0.2, 0) is 21.1 Å². The molecule has 1 aliphatic heterocycles. The molecule has 186 valence electrons. The highest BCUT2D eigenvalue weighted by Gasteiger charge is 2.22. The van der Waals surface area contributed by atoms with E-state index in [1.165, 1.54) is 29.5 Å². The van der Waals surface area contributed by atoms with E-state index in [0.717, 1.165) is 56.2 Å². The molecular formula is C27H33N3O4S. The lowest BCUT2D eigenvalue weighted by Crippen LogP contribution is -2.38. The first kappa shape index (κ1) is 25.2. The van der Waals surface area contributed by atoms with Gasteiger partial charge in [-0.25, -0.2) is 8.42 Å². The molecule has 0 saturated carbocycles. The molecule has 2 heterocycles. The van der Waals surface area contributed by atoms with Gasteiger partial charge in [-0.05, 0) is 61.7 Å². The van der Waals surface area contributed by atoms with Crippen molar-refractivity contribution in [2.45, 2.75) is 32.2 Å². The maximum absolute atomic E-state index is 13.3. The Hall–Kier alpha value is -2.94. The first-order valence-corrected chi connectivity index (χ1v) is 13.7. The van der Waals surface area contributed by atoms with E-state index in [2.05, 4.69) is 46.8 Å². The van der Waals surface area contributed by atoms with Crippen molar-refractivity contribution in [3.05, 3.63) is 70.9 Å². The van der Waals surface area contributed by atoms with Gasteiger partial charge < -0.3 is 14.6 Å². The molecule has 0 unspecified atom stereocenters. The smallest absolute Gasteiger partial charge is 0.257 e. The highest BCUT2D eigenvalue weighted by molar-refractivity contribution is 7.90. The average Bonchev–Trinajstić information content (AvgIpc) is 3.14. The van der Waals surface area contributed by atoms with E-state index in [-0.39, 0.29) is 10.8 Å². The van der Waals surface area contributed by atoms with Crippen LogP contribution in [0.2, 0.25) is 0 Å². The summed E-state index contributed by atoms with van der Waals surface area (Å²) in [6.07, 6.45) is 3.11. The van der Waals surface area contributed by atoms with Gasteiger partial charge in [-0.2, -0.15) is 0 Å². The molecule has 8 heteroatoms. The molecule has 0 aliphatic carbocycles. The topological polar surface area (TPSA) is 80.6 Å². The number of hydrogen-bond acceptors (Lipinski definition) is 5. The van der Waals surface area contributed by atoms with Crippen LogP contribution in [0.4, 0.5) is 5.69 Å². The standard InChI is InChI=1S/C27H33N3O4S/c1-19-6-5-7-20(2)25(19)26-21(3)24(18-30(26)13-12-29-14-16-34-17-15-29)27(31)28-22-8-10-23(11-9-22)35(4,32)33/h5-11,18H,12-17H2,1-4H3,(H,28,31). The summed E-state index contributed by atoms with van der Waals surface area (Å²) in [4.78, 5) is 15.9. The minimum absolute atomic E-state index is 0.216. The van der Waals surface area contributed by atoms with Crippen LogP contribution in [0.1, 0.15) is 27.0 Å². The fourth-order valence-corrected chi connectivity index (χ4v) is 5.27. The first-order valence-electron chi connectivity index (χ1n) is 11.8. The second-order valence-electron chi connectivity index (χ2n) is 9.18. The quantitative estimate of drug-likeness (QED) is 0.535. The van der Waals surface area contributed by atoms with Gasteiger partial charge in [0.05, 0.1) is 29.4 Å². The highest BCUT2D eigenvalue weighted by Crippen LogP contribution is 2.33. The third-order valence-electron chi connectivity index (χ3n) is 6.60. The lowest BCUT2D eigenvalue weighted by atomic mass is 9.96. The Kier molecular flexibility index (Phi) is 7.44. The number of amides is 1. The number of carbonyl (C=O) groups is 1. The van der Waals surface area contributed by atoms with Gasteiger partial charge in [-0.3, -0.25) is 9.69 Å². The van der Waals surface area contributed by atoms with E-state index in [1.807, 2.05) is 13.1 Å². The van der Waals surface area contributed by atoms with Crippen molar-refractivity contribution in [3.63, 3.8) is 0 Å². The monoisotopic (exact) mass is 495 g/mol. The van der Waals surface area contributed by atoms with Crippen LogP contribution in [0.5, 0.6) is 0 Å². The van der Waals surface area contributed by atoms with E-state index >= 15 is 0 Å². The number of sulfone groups is 1. The molecule has 0 bridgehead atoms. The second kappa shape index (κ2) is 10.4. The van der Waals surface area contributed by atoms with Gasteiger partial charge in [0.15, 0.2) is 9.84 Å². The molecule has 0 atom stereocenters. The number of morpholine rings is 1. The highest BCUT2D eigenvalue weighted by atomic mass is 32.2. The van der Waals surface area contributed by atoms with Crippen molar-refractivity contribution in [1.29, 1.82) is 0 Å². The molecule has 0 spiro atoms. The van der Waals surface area contributed by atoms with E-state index in [0.29, 0.717) is 11.3 Å². The fraction of sp³-hybridized carbons (Fsp3) is 0.370. The van der Waals surface area contributed by atoms with Crippen molar-refractivity contribution in [2.24, 2.45) is 0 Å². The summed E-state index contributed by atoms with van der Waals surface area (Å²) in [5, 5.41) is 2.93. The van der Waals surface area contributed by atoms with Crippen molar-refractivity contribution in [1.82, 2.24) is 9.47 Å². The molecule has 1 amide bonds. The van der Waals surface area contributed by atoms with Crippen LogP contribution in [0.3, 0.4) is 0 Å². The largest absolute Gasteiger partial charge is 0.379 e. The lowest BCUT2D eigenvalue weighted by molar-refractivity contribution is 0.0364. The maximum atomic E-state index is 13.3. The Morgan fingerprint density at radius 3 is 2.20 bits per heavy atom. The summed E-state index contributed by atoms with van der Waals surface area (Å²) >= 11 is 0. The number of rotatable bonds is 7. The molecular weight excluding hydrogens is 462 g/mol. The van der Waals surface area contributed by atoms with Gasteiger partial charge in [0.2, 0.25) is 0 Å². The molecule has 1 saturated heterocycles. The SMILES string of the molecule is Cc1cccc(C)c1-c1c(C)c(C(=O)Nc2ccc(S(C)(=O)=O)cc2)cn1CCN1CCOCC1. The molecule has 4 rings (SSSR count). The third-order valence-corrected chi connectivity index (χ3v) is 7.72. The van der Waals surface area contributed by atoms with Crippen molar-refractivity contribution in [2.75, 3.05) is 44.4 Å². The Labute approximate surface area is 207 Å². The molecule has 1 N–H and O–H groups in total. The number of hydrogen-bond donors (Lipinski definition) is 1.